The average molecular weight is 400 g/mol. The van der Waals surface area contributed by atoms with Crippen molar-refractivity contribution in [3.63, 3.8) is 0 Å². The predicted molar refractivity (Wildman–Crippen MR) is 104 cm³/mol. The zero-order chi connectivity index (χ0) is 20.4. The number of benzene rings is 1. The summed E-state index contributed by atoms with van der Waals surface area (Å²) in [5, 5.41) is 6.41. The molecule has 9 heteroatoms. The Morgan fingerprint density at radius 3 is 2.68 bits per heavy atom. The van der Waals surface area contributed by atoms with E-state index in [-0.39, 0.29) is 12.3 Å². The third-order valence-electron chi connectivity index (χ3n) is 4.45. The quantitative estimate of drug-likeness (QED) is 0.488. The second-order valence-corrected chi connectivity index (χ2v) is 6.68. The normalized spacial score (nSPS) is 16.7. The molecule has 1 aromatic rings. The molecule has 1 heterocycles. The Hall–Kier alpha value is -2.13. The van der Waals surface area contributed by atoms with E-state index in [4.69, 9.17) is 9.47 Å². The van der Waals surface area contributed by atoms with Crippen LogP contribution in [0.2, 0.25) is 0 Å². The van der Waals surface area contributed by atoms with Crippen LogP contribution in [-0.2, 0) is 11.3 Å². The Kier molecular flexibility index (Phi) is 9.22. The molecule has 1 aromatic carbocycles. The highest BCUT2D eigenvalue weighted by Gasteiger charge is 2.15. The van der Waals surface area contributed by atoms with Crippen molar-refractivity contribution in [1.82, 2.24) is 15.5 Å². The van der Waals surface area contributed by atoms with Crippen LogP contribution in [0.4, 0.5) is 8.78 Å². The van der Waals surface area contributed by atoms with Crippen molar-refractivity contribution < 1.29 is 23.0 Å². The maximum absolute atomic E-state index is 12.6. The van der Waals surface area contributed by atoms with Gasteiger partial charge in [0.05, 0.1) is 20.3 Å². The van der Waals surface area contributed by atoms with Crippen LogP contribution in [0.15, 0.2) is 23.2 Å². The molecule has 158 valence electrons. The number of nitrogens with zero attached hydrogens (tertiary/aromatic N) is 2. The number of morpholine rings is 1. The van der Waals surface area contributed by atoms with Gasteiger partial charge in [0.1, 0.15) is 11.5 Å². The van der Waals surface area contributed by atoms with Crippen LogP contribution < -0.4 is 20.1 Å². The molecule has 0 saturated carbocycles. The van der Waals surface area contributed by atoms with Gasteiger partial charge in [0.2, 0.25) is 0 Å². The van der Waals surface area contributed by atoms with Crippen LogP contribution in [0.25, 0.3) is 0 Å². The largest absolute Gasteiger partial charge is 0.497 e. The monoisotopic (exact) mass is 400 g/mol. The first kappa shape index (κ1) is 22.2. The number of methoxy groups -OCH3 is 1. The number of hydrogen-bond acceptors (Lipinski definition) is 5. The van der Waals surface area contributed by atoms with E-state index in [1.807, 2.05) is 0 Å². The highest BCUT2D eigenvalue weighted by atomic mass is 19.3. The van der Waals surface area contributed by atoms with Crippen molar-refractivity contribution in [3.05, 3.63) is 23.8 Å². The first-order valence-electron chi connectivity index (χ1n) is 9.38. The number of alkyl halides is 2. The summed E-state index contributed by atoms with van der Waals surface area (Å²) in [5.41, 5.74) is 0.559. The van der Waals surface area contributed by atoms with Crippen LogP contribution in [0.3, 0.4) is 0 Å². The summed E-state index contributed by atoms with van der Waals surface area (Å²) < 4.78 is 40.4. The van der Waals surface area contributed by atoms with Crippen LogP contribution in [-0.4, -0.2) is 71.0 Å². The van der Waals surface area contributed by atoms with Gasteiger partial charge in [0.25, 0.3) is 0 Å². The fourth-order valence-corrected chi connectivity index (χ4v) is 2.99. The third-order valence-corrected chi connectivity index (χ3v) is 4.45. The molecule has 0 radical (unpaired) electrons. The Morgan fingerprint density at radius 2 is 2.04 bits per heavy atom. The number of nitrogens with one attached hydrogen (secondary N) is 2. The molecule has 1 unspecified atom stereocenters. The zero-order valence-electron chi connectivity index (χ0n) is 16.7. The molecule has 2 rings (SSSR count). The summed E-state index contributed by atoms with van der Waals surface area (Å²) in [5.74, 6) is 1.70. The molecule has 7 nitrogen and oxygen atoms in total. The lowest BCUT2D eigenvalue weighted by Gasteiger charge is -2.29. The molecule has 0 aliphatic carbocycles. The molecule has 0 spiro atoms. The number of rotatable bonds is 9. The van der Waals surface area contributed by atoms with E-state index in [1.165, 1.54) is 13.2 Å². The second-order valence-electron chi connectivity index (χ2n) is 6.68. The Balaban J connectivity index is 1.85. The van der Waals surface area contributed by atoms with Gasteiger partial charge in [-0.3, -0.25) is 9.89 Å². The smallest absolute Gasteiger partial charge is 0.387 e. The molecular weight excluding hydrogens is 370 g/mol. The van der Waals surface area contributed by atoms with Crippen LogP contribution in [0.5, 0.6) is 11.5 Å². The lowest BCUT2D eigenvalue weighted by Crippen LogP contribution is -2.43. The van der Waals surface area contributed by atoms with Gasteiger partial charge in [-0.05, 0) is 24.1 Å². The van der Waals surface area contributed by atoms with E-state index in [2.05, 4.69) is 32.2 Å². The zero-order valence-corrected chi connectivity index (χ0v) is 16.7. The second kappa shape index (κ2) is 11.7. The van der Waals surface area contributed by atoms with Gasteiger partial charge < -0.3 is 24.8 Å². The summed E-state index contributed by atoms with van der Waals surface area (Å²) in [4.78, 5) is 6.58. The lowest BCUT2D eigenvalue weighted by molar-refractivity contribution is -0.0505. The van der Waals surface area contributed by atoms with Crippen molar-refractivity contribution in [2.45, 2.75) is 20.1 Å². The van der Waals surface area contributed by atoms with Crippen LogP contribution in [0.1, 0.15) is 12.5 Å². The van der Waals surface area contributed by atoms with Crippen molar-refractivity contribution >= 4 is 5.96 Å². The molecule has 0 bridgehead atoms. The van der Waals surface area contributed by atoms with Gasteiger partial charge in [0, 0.05) is 45.3 Å². The van der Waals surface area contributed by atoms with Gasteiger partial charge in [-0.25, -0.2) is 0 Å². The molecule has 1 fully saturated rings. The van der Waals surface area contributed by atoms with E-state index in [0.717, 1.165) is 39.4 Å². The molecular formula is C19H30F2N4O3. The van der Waals surface area contributed by atoms with Gasteiger partial charge in [-0.2, -0.15) is 8.78 Å². The average Bonchev–Trinajstić information content (AvgIpc) is 2.69. The van der Waals surface area contributed by atoms with E-state index in [0.29, 0.717) is 23.2 Å². The van der Waals surface area contributed by atoms with Crippen molar-refractivity contribution in [2.75, 3.05) is 53.6 Å². The standard InChI is InChI=1S/C19H30F2N4O3/c1-14(13-25-6-8-27-9-7-25)11-23-19(22-2)24-12-15-10-16(26-3)4-5-17(15)28-18(20)21/h4-5,10,14,18H,6-9,11-13H2,1-3H3,(H2,22,23,24). The summed E-state index contributed by atoms with van der Waals surface area (Å²) in [6.45, 7) is 4.78. The van der Waals surface area contributed by atoms with E-state index < -0.39 is 6.61 Å². The summed E-state index contributed by atoms with van der Waals surface area (Å²) in [6.07, 6.45) is 0. The number of hydrogen-bond donors (Lipinski definition) is 2. The van der Waals surface area contributed by atoms with E-state index in [9.17, 15) is 8.78 Å². The summed E-state index contributed by atoms with van der Waals surface area (Å²) in [6, 6.07) is 4.73. The maximum Gasteiger partial charge on any atom is 0.387 e. The maximum atomic E-state index is 12.6. The van der Waals surface area contributed by atoms with Crippen molar-refractivity contribution in [1.29, 1.82) is 0 Å². The SMILES string of the molecule is CN=C(NCc1cc(OC)ccc1OC(F)F)NCC(C)CN1CCOCC1. The lowest BCUT2D eigenvalue weighted by atomic mass is 10.1. The number of guanidine groups is 1. The minimum Gasteiger partial charge on any atom is -0.497 e. The molecule has 1 saturated heterocycles. The van der Waals surface area contributed by atoms with Gasteiger partial charge in [0.15, 0.2) is 5.96 Å². The Morgan fingerprint density at radius 1 is 1.29 bits per heavy atom. The highest BCUT2D eigenvalue weighted by molar-refractivity contribution is 5.79. The minimum absolute atomic E-state index is 0.111. The first-order valence-corrected chi connectivity index (χ1v) is 9.38. The number of ether oxygens (including phenoxy) is 3. The molecule has 28 heavy (non-hydrogen) atoms. The molecule has 2 N–H and O–H groups in total. The van der Waals surface area contributed by atoms with Gasteiger partial charge in [-0.1, -0.05) is 6.92 Å². The predicted octanol–water partition coefficient (Wildman–Crippen LogP) is 1.93. The molecule has 0 aromatic heterocycles. The van der Waals surface area contributed by atoms with Crippen LogP contribution >= 0.6 is 0 Å². The molecule has 1 aliphatic heterocycles. The number of halogens is 2. The van der Waals surface area contributed by atoms with Crippen LogP contribution in [0, 0.1) is 5.92 Å². The highest BCUT2D eigenvalue weighted by Crippen LogP contribution is 2.25. The van der Waals surface area contributed by atoms with Crippen molar-refractivity contribution in [2.24, 2.45) is 10.9 Å². The van der Waals surface area contributed by atoms with Gasteiger partial charge in [-0.15, -0.1) is 0 Å². The minimum atomic E-state index is -2.88. The Bertz CT molecular complexity index is 625. The third kappa shape index (κ3) is 7.47. The van der Waals surface area contributed by atoms with Crippen molar-refractivity contribution in [3.8, 4) is 11.5 Å². The topological polar surface area (TPSA) is 67.4 Å². The fraction of sp³-hybridized carbons (Fsp3) is 0.632. The molecule has 1 atom stereocenters. The fourth-order valence-electron chi connectivity index (χ4n) is 2.99. The first-order chi connectivity index (χ1) is 13.5. The Labute approximate surface area is 165 Å². The molecule has 0 amide bonds. The summed E-state index contributed by atoms with van der Waals surface area (Å²) >= 11 is 0. The molecule has 1 aliphatic rings. The number of aliphatic imine (C=N–C) groups is 1. The van der Waals surface area contributed by atoms with E-state index in [1.54, 1.807) is 19.2 Å². The van der Waals surface area contributed by atoms with Gasteiger partial charge >= 0.3 is 6.61 Å². The van der Waals surface area contributed by atoms with E-state index >= 15 is 0 Å². The summed E-state index contributed by atoms with van der Waals surface area (Å²) in [7, 11) is 3.20.